The second-order valence-electron chi connectivity index (χ2n) is 4.86. The maximum atomic E-state index is 10.5. The highest BCUT2D eigenvalue weighted by Gasteiger charge is 2.14. The van der Waals surface area contributed by atoms with E-state index in [-0.39, 0.29) is 5.92 Å². The second-order valence-corrected chi connectivity index (χ2v) is 4.86. The van der Waals surface area contributed by atoms with E-state index in [0.29, 0.717) is 5.75 Å². The van der Waals surface area contributed by atoms with Gasteiger partial charge in [-0.25, -0.2) is 0 Å². The molecule has 0 bridgehead atoms. The third-order valence-electron chi connectivity index (χ3n) is 3.70. The third-order valence-corrected chi connectivity index (χ3v) is 3.70. The summed E-state index contributed by atoms with van der Waals surface area (Å²) in [5, 5.41) is 12.5. The molecule has 1 atom stereocenters. The maximum Gasteiger partial charge on any atom is 0.127 e. The molecule has 3 aromatic carbocycles. The van der Waals surface area contributed by atoms with Crippen molar-refractivity contribution in [3.63, 3.8) is 0 Å². The van der Waals surface area contributed by atoms with E-state index >= 15 is 0 Å². The van der Waals surface area contributed by atoms with Gasteiger partial charge in [-0.15, -0.1) is 0 Å². The van der Waals surface area contributed by atoms with Crippen LogP contribution in [0.25, 0.3) is 10.8 Å². The Bertz CT molecular complexity index is 701. The summed E-state index contributed by atoms with van der Waals surface area (Å²) in [6.07, 6.45) is 0. The largest absolute Gasteiger partial charge is 0.507 e. The van der Waals surface area contributed by atoms with Crippen molar-refractivity contribution < 1.29 is 5.11 Å². The van der Waals surface area contributed by atoms with Crippen LogP contribution in [0.15, 0.2) is 66.7 Å². The molecular weight excluding hydrogens is 232 g/mol. The first-order valence-electron chi connectivity index (χ1n) is 6.53. The Balaban J connectivity index is 2.13. The Hall–Kier alpha value is -2.28. The minimum absolute atomic E-state index is 0.186. The normalized spacial score (nSPS) is 12.5. The zero-order chi connectivity index (χ0) is 13.2. The summed E-state index contributed by atoms with van der Waals surface area (Å²) in [5.74, 6) is 0.584. The molecule has 3 aromatic rings. The lowest BCUT2D eigenvalue weighted by atomic mass is 9.90. The molecule has 0 aliphatic rings. The molecule has 1 heteroatoms. The number of benzene rings is 3. The summed E-state index contributed by atoms with van der Waals surface area (Å²) in [5.41, 5.74) is 2.19. The highest BCUT2D eigenvalue weighted by molar-refractivity contribution is 5.89. The van der Waals surface area contributed by atoms with Gasteiger partial charge in [0.25, 0.3) is 0 Å². The van der Waals surface area contributed by atoms with Crippen molar-refractivity contribution in [2.45, 2.75) is 12.8 Å². The van der Waals surface area contributed by atoms with E-state index in [1.165, 1.54) is 5.56 Å². The average Bonchev–Trinajstić information content (AvgIpc) is 2.48. The number of hydrogen-bond donors (Lipinski definition) is 1. The van der Waals surface area contributed by atoms with Gasteiger partial charge in [-0.2, -0.15) is 0 Å². The van der Waals surface area contributed by atoms with Gasteiger partial charge < -0.3 is 5.11 Å². The van der Waals surface area contributed by atoms with Gasteiger partial charge in [-0.05, 0) is 10.9 Å². The quantitative estimate of drug-likeness (QED) is 0.697. The Kier molecular flexibility index (Phi) is 2.96. The zero-order valence-electron chi connectivity index (χ0n) is 10.9. The molecule has 0 spiro atoms. The molecule has 94 valence electrons. The molecule has 0 aliphatic heterocycles. The van der Waals surface area contributed by atoms with Crippen molar-refractivity contribution in [3.05, 3.63) is 77.9 Å². The molecular formula is C18H16O. The summed E-state index contributed by atoms with van der Waals surface area (Å²) >= 11 is 0. The van der Waals surface area contributed by atoms with Crippen molar-refractivity contribution in [1.29, 1.82) is 0 Å². The first-order valence-corrected chi connectivity index (χ1v) is 6.53. The smallest absolute Gasteiger partial charge is 0.127 e. The van der Waals surface area contributed by atoms with Crippen LogP contribution in [0.4, 0.5) is 0 Å². The van der Waals surface area contributed by atoms with Crippen LogP contribution in [0.1, 0.15) is 24.0 Å². The van der Waals surface area contributed by atoms with E-state index in [0.717, 1.165) is 16.3 Å². The molecule has 0 saturated heterocycles. The molecule has 1 unspecified atom stereocenters. The van der Waals surface area contributed by atoms with Gasteiger partial charge in [0.15, 0.2) is 0 Å². The van der Waals surface area contributed by atoms with E-state index < -0.39 is 0 Å². The number of hydrogen-bond acceptors (Lipinski definition) is 1. The van der Waals surface area contributed by atoms with Gasteiger partial charge in [-0.1, -0.05) is 73.7 Å². The van der Waals surface area contributed by atoms with Crippen LogP contribution in [0.3, 0.4) is 0 Å². The predicted octanol–water partition coefficient (Wildman–Crippen LogP) is 4.70. The molecule has 3 rings (SSSR count). The topological polar surface area (TPSA) is 20.2 Å². The highest BCUT2D eigenvalue weighted by atomic mass is 16.3. The lowest BCUT2D eigenvalue weighted by Gasteiger charge is -2.15. The summed E-state index contributed by atoms with van der Waals surface area (Å²) < 4.78 is 0. The van der Waals surface area contributed by atoms with E-state index in [2.05, 4.69) is 25.1 Å². The highest BCUT2D eigenvalue weighted by Crippen LogP contribution is 2.36. The number of rotatable bonds is 2. The fraction of sp³-hybridized carbons (Fsp3) is 0.111. The van der Waals surface area contributed by atoms with Gasteiger partial charge in [0, 0.05) is 16.9 Å². The van der Waals surface area contributed by atoms with Gasteiger partial charge in [0.05, 0.1) is 0 Å². The minimum atomic E-state index is 0.186. The summed E-state index contributed by atoms with van der Waals surface area (Å²) in [4.78, 5) is 0. The minimum Gasteiger partial charge on any atom is -0.507 e. The van der Waals surface area contributed by atoms with Crippen molar-refractivity contribution in [3.8, 4) is 5.75 Å². The van der Waals surface area contributed by atoms with Crippen molar-refractivity contribution in [1.82, 2.24) is 0 Å². The lowest BCUT2D eigenvalue weighted by Crippen LogP contribution is -1.96. The van der Waals surface area contributed by atoms with Crippen LogP contribution in [-0.4, -0.2) is 5.11 Å². The second kappa shape index (κ2) is 4.77. The monoisotopic (exact) mass is 248 g/mol. The molecule has 0 amide bonds. The standard InChI is InChI=1S/C18H16O/c1-13(14-7-3-2-4-8-14)16-12-11-15-9-5-6-10-17(15)18(16)19/h2-13,19H,1H3. The van der Waals surface area contributed by atoms with Crippen molar-refractivity contribution in [2.24, 2.45) is 0 Å². The Morgan fingerprint density at radius 1 is 0.789 bits per heavy atom. The number of phenols is 1. The van der Waals surface area contributed by atoms with Gasteiger partial charge in [0.2, 0.25) is 0 Å². The SMILES string of the molecule is CC(c1ccccc1)c1ccc2ccccc2c1O. The molecule has 1 N–H and O–H groups in total. The first kappa shape index (κ1) is 11.8. The Labute approximate surface area is 113 Å². The van der Waals surface area contributed by atoms with Gasteiger partial charge in [0.1, 0.15) is 5.75 Å². The number of fused-ring (bicyclic) bond motifs is 1. The predicted molar refractivity (Wildman–Crippen MR) is 79.6 cm³/mol. The van der Waals surface area contributed by atoms with Crippen LogP contribution in [0.5, 0.6) is 5.75 Å². The maximum absolute atomic E-state index is 10.5. The third kappa shape index (κ3) is 2.08. The molecule has 0 radical (unpaired) electrons. The van der Waals surface area contributed by atoms with Crippen LogP contribution in [-0.2, 0) is 0 Å². The number of phenolic OH excluding ortho intramolecular Hbond substituents is 1. The van der Waals surface area contributed by atoms with Crippen LogP contribution < -0.4 is 0 Å². The fourth-order valence-electron chi connectivity index (χ4n) is 2.54. The van der Waals surface area contributed by atoms with E-state index in [9.17, 15) is 5.11 Å². The van der Waals surface area contributed by atoms with Crippen molar-refractivity contribution >= 4 is 10.8 Å². The average molecular weight is 248 g/mol. The molecule has 0 aliphatic carbocycles. The van der Waals surface area contributed by atoms with Crippen LogP contribution in [0, 0.1) is 0 Å². The van der Waals surface area contributed by atoms with E-state index in [1.807, 2.05) is 48.5 Å². The molecule has 0 aromatic heterocycles. The van der Waals surface area contributed by atoms with Gasteiger partial charge >= 0.3 is 0 Å². The lowest BCUT2D eigenvalue weighted by molar-refractivity contribution is 0.472. The molecule has 0 fully saturated rings. The van der Waals surface area contributed by atoms with Crippen molar-refractivity contribution in [2.75, 3.05) is 0 Å². The van der Waals surface area contributed by atoms with Crippen LogP contribution in [0.2, 0.25) is 0 Å². The molecule has 0 saturated carbocycles. The zero-order valence-corrected chi connectivity index (χ0v) is 10.9. The summed E-state index contributed by atoms with van der Waals surface area (Å²) in [6, 6.07) is 22.3. The van der Waals surface area contributed by atoms with E-state index in [4.69, 9.17) is 0 Å². The summed E-state index contributed by atoms with van der Waals surface area (Å²) in [7, 11) is 0. The number of aromatic hydroxyl groups is 1. The molecule has 0 heterocycles. The van der Waals surface area contributed by atoms with E-state index in [1.54, 1.807) is 0 Å². The first-order chi connectivity index (χ1) is 9.27. The fourth-order valence-corrected chi connectivity index (χ4v) is 2.54. The molecule has 1 nitrogen and oxygen atoms in total. The Morgan fingerprint density at radius 3 is 2.26 bits per heavy atom. The Morgan fingerprint density at radius 2 is 1.47 bits per heavy atom. The van der Waals surface area contributed by atoms with Gasteiger partial charge in [-0.3, -0.25) is 0 Å². The van der Waals surface area contributed by atoms with Crippen LogP contribution >= 0.6 is 0 Å². The molecule has 19 heavy (non-hydrogen) atoms. The summed E-state index contributed by atoms with van der Waals surface area (Å²) in [6.45, 7) is 2.12.